The summed E-state index contributed by atoms with van der Waals surface area (Å²) in [6, 6.07) is 0. The predicted octanol–water partition coefficient (Wildman–Crippen LogP) is 3.06. The second-order valence-corrected chi connectivity index (χ2v) is 2.80. The molecule has 0 amide bonds. The van der Waals surface area contributed by atoms with Gasteiger partial charge in [0.1, 0.15) is 0 Å². The fourth-order valence-electron chi connectivity index (χ4n) is 0.553. The molecule has 0 aliphatic carbocycles. The van der Waals surface area contributed by atoms with Gasteiger partial charge in [0.15, 0.2) is 0 Å². The highest BCUT2D eigenvalue weighted by atomic mass is 16.5. The minimum atomic E-state index is -0.667. The molecular formula is C16H32O4. The predicted molar refractivity (Wildman–Crippen MR) is 89.2 cm³/mol. The standard InChI is InChI=1S/C6H14O3.C4H6O.3C2H4/c1-2-6(3-7,4-8)5-9;1-3-5-4-2;3*1-2/h7-9H,2-5H2,1H3;3-4H,1-2H2;3*1-2H2. The molecule has 0 bridgehead atoms. The maximum Gasteiger partial charge on any atom is 0.0829 e. The molecule has 20 heavy (non-hydrogen) atoms. The third kappa shape index (κ3) is 25.3. The van der Waals surface area contributed by atoms with Crippen LogP contribution in [0.1, 0.15) is 13.3 Å². The zero-order valence-corrected chi connectivity index (χ0v) is 12.9. The Hall–Kier alpha value is -1.62. The highest BCUT2D eigenvalue weighted by Crippen LogP contribution is 2.18. The molecule has 0 spiro atoms. The molecule has 0 aliphatic heterocycles. The molecule has 0 saturated carbocycles. The molecule has 0 aromatic carbocycles. The minimum Gasteiger partial charge on any atom is -0.474 e. The van der Waals surface area contributed by atoms with Crippen molar-refractivity contribution >= 4 is 0 Å². The van der Waals surface area contributed by atoms with Gasteiger partial charge >= 0.3 is 0 Å². The van der Waals surface area contributed by atoms with E-state index in [0.29, 0.717) is 6.42 Å². The molecular weight excluding hydrogens is 256 g/mol. The van der Waals surface area contributed by atoms with Crippen molar-refractivity contribution in [1.82, 2.24) is 0 Å². The maximum atomic E-state index is 8.66. The molecule has 0 radical (unpaired) electrons. The quantitative estimate of drug-likeness (QED) is 0.519. The van der Waals surface area contributed by atoms with Crippen LogP contribution in [0.15, 0.2) is 65.2 Å². The highest BCUT2D eigenvalue weighted by Gasteiger charge is 2.24. The summed E-state index contributed by atoms with van der Waals surface area (Å²) < 4.78 is 4.36. The molecule has 0 heterocycles. The van der Waals surface area contributed by atoms with Gasteiger partial charge in [0, 0.05) is 5.41 Å². The molecule has 0 aliphatic rings. The molecule has 4 heteroatoms. The lowest BCUT2D eigenvalue weighted by molar-refractivity contribution is 0.00304. The van der Waals surface area contributed by atoms with Gasteiger partial charge in [-0.25, -0.2) is 0 Å². The second kappa shape index (κ2) is 36.0. The topological polar surface area (TPSA) is 69.9 Å². The Morgan fingerprint density at radius 3 is 1.05 bits per heavy atom. The van der Waals surface area contributed by atoms with Crippen LogP contribution in [0.3, 0.4) is 0 Å². The van der Waals surface area contributed by atoms with Crippen LogP contribution in [0.5, 0.6) is 0 Å². The molecule has 0 aromatic heterocycles. The summed E-state index contributed by atoms with van der Waals surface area (Å²) in [5, 5.41) is 26.0. The highest BCUT2D eigenvalue weighted by molar-refractivity contribution is 4.74. The minimum absolute atomic E-state index is 0.156. The molecule has 4 nitrogen and oxygen atoms in total. The van der Waals surface area contributed by atoms with E-state index < -0.39 is 5.41 Å². The summed E-state index contributed by atoms with van der Waals surface area (Å²) in [4.78, 5) is 0. The van der Waals surface area contributed by atoms with Crippen molar-refractivity contribution in [3.63, 3.8) is 0 Å². The van der Waals surface area contributed by atoms with Gasteiger partial charge < -0.3 is 20.1 Å². The first kappa shape index (κ1) is 31.0. The molecule has 0 unspecified atom stereocenters. The van der Waals surface area contributed by atoms with Gasteiger partial charge in [-0.3, -0.25) is 0 Å². The summed E-state index contributed by atoms with van der Waals surface area (Å²) in [7, 11) is 0. The second-order valence-electron chi connectivity index (χ2n) is 2.80. The summed E-state index contributed by atoms with van der Waals surface area (Å²) in [5.74, 6) is 0. The lowest BCUT2D eigenvalue weighted by Gasteiger charge is -2.24. The first-order chi connectivity index (χ1) is 9.66. The molecule has 120 valence electrons. The lowest BCUT2D eigenvalue weighted by Crippen LogP contribution is -2.32. The largest absolute Gasteiger partial charge is 0.474 e. The number of rotatable bonds is 6. The van der Waals surface area contributed by atoms with Gasteiger partial charge in [-0.1, -0.05) is 20.1 Å². The Bertz CT molecular complexity index is 149. The van der Waals surface area contributed by atoms with E-state index in [2.05, 4.69) is 57.4 Å². The number of hydrogen-bond donors (Lipinski definition) is 3. The summed E-state index contributed by atoms with van der Waals surface area (Å²) in [6.07, 6.45) is 3.22. The van der Waals surface area contributed by atoms with E-state index in [1.165, 1.54) is 12.5 Å². The van der Waals surface area contributed by atoms with Crippen LogP contribution in [0, 0.1) is 5.41 Å². The zero-order valence-electron chi connectivity index (χ0n) is 12.9. The molecule has 0 fully saturated rings. The van der Waals surface area contributed by atoms with E-state index >= 15 is 0 Å². The van der Waals surface area contributed by atoms with Crippen LogP contribution in [-0.2, 0) is 4.74 Å². The Morgan fingerprint density at radius 1 is 0.800 bits per heavy atom. The fourth-order valence-corrected chi connectivity index (χ4v) is 0.553. The van der Waals surface area contributed by atoms with Crippen molar-refractivity contribution in [1.29, 1.82) is 0 Å². The van der Waals surface area contributed by atoms with Crippen LogP contribution in [-0.4, -0.2) is 35.1 Å². The van der Waals surface area contributed by atoms with E-state index in [9.17, 15) is 0 Å². The molecule has 0 atom stereocenters. The number of hydrogen-bond acceptors (Lipinski definition) is 4. The molecule has 3 N–H and O–H groups in total. The van der Waals surface area contributed by atoms with Gasteiger partial charge in [0.05, 0.1) is 32.3 Å². The van der Waals surface area contributed by atoms with Crippen molar-refractivity contribution < 1.29 is 20.1 Å². The van der Waals surface area contributed by atoms with Crippen LogP contribution < -0.4 is 0 Å². The van der Waals surface area contributed by atoms with Crippen molar-refractivity contribution in [3.8, 4) is 0 Å². The average molecular weight is 288 g/mol. The van der Waals surface area contributed by atoms with Crippen molar-refractivity contribution in [2.75, 3.05) is 19.8 Å². The van der Waals surface area contributed by atoms with E-state index in [1.54, 1.807) is 0 Å². The summed E-state index contributed by atoms with van der Waals surface area (Å²) in [5.41, 5.74) is -0.667. The van der Waals surface area contributed by atoms with Crippen molar-refractivity contribution in [3.05, 3.63) is 65.2 Å². The van der Waals surface area contributed by atoms with Crippen LogP contribution in [0.25, 0.3) is 0 Å². The van der Waals surface area contributed by atoms with Gasteiger partial charge in [-0.05, 0) is 6.42 Å². The Morgan fingerprint density at radius 2 is 1.05 bits per heavy atom. The first-order valence-electron chi connectivity index (χ1n) is 5.86. The fraction of sp³-hybridized carbons (Fsp3) is 0.375. The van der Waals surface area contributed by atoms with Crippen molar-refractivity contribution in [2.45, 2.75) is 13.3 Å². The smallest absolute Gasteiger partial charge is 0.0829 e. The van der Waals surface area contributed by atoms with Gasteiger partial charge in [0.25, 0.3) is 0 Å². The van der Waals surface area contributed by atoms with E-state index in [0.717, 1.165) is 0 Å². The van der Waals surface area contributed by atoms with Crippen LogP contribution >= 0.6 is 0 Å². The van der Waals surface area contributed by atoms with Crippen LogP contribution in [0.2, 0.25) is 0 Å². The lowest BCUT2D eigenvalue weighted by atomic mass is 9.88. The van der Waals surface area contributed by atoms with Gasteiger partial charge in [0.2, 0.25) is 0 Å². The van der Waals surface area contributed by atoms with Crippen molar-refractivity contribution in [2.24, 2.45) is 5.41 Å². The molecule has 0 saturated heterocycles. The van der Waals surface area contributed by atoms with E-state index in [4.69, 9.17) is 15.3 Å². The maximum absolute atomic E-state index is 8.66. The normalized spacial score (nSPS) is 7.40. The van der Waals surface area contributed by atoms with E-state index in [-0.39, 0.29) is 19.8 Å². The molecule has 0 rings (SSSR count). The SMILES string of the molecule is C=C.C=C.C=C.C=COC=C.CCC(CO)(CO)CO. The monoisotopic (exact) mass is 288 g/mol. The van der Waals surface area contributed by atoms with Gasteiger partial charge in [-0.15, -0.1) is 39.5 Å². The third-order valence-electron chi connectivity index (χ3n) is 1.95. The first-order valence-corrected chi connectivity index (χ1v) is 5.86. The number of aliphatic hydroxyl groups is 3. The Labute approximate surface area is 124 Å². The summed E-state index contributed by atoms with van der Waals surface area (Å²) >= 11 is 0. The zero-order chi connectivity index (χ0) is 17.4. The Balaban J connectivity index is -0.0000000580. The average Bonchev–Trinajstić information content (AvgIpc) is 2.57. The third-order valence-corrected chi connectivity index (χ3v) is 1.95. The Kier molecular flexibility index (Phi) is 55.8. The van der Waals surface area contributed by atoms with Crippen LogP contribution in [0.4, 0.5) is 0 Å². The number of aliphatic hydroxyl groups excluding tert-OH is 3. The summed E-state index contributed by atoms with van der Waals surface area (Å²) in [6.45, 7) is 25.9. The number of ether oxygens (including phenoxy) is 1. The molecule has 0 aromatic rings. The van der Waals surface area contributed by atoms with E-state index in [1.807, 2.05) is 6.92 Å². The van der Waals surface area contributed by atoms with Gasteiger partial charge in [-0.2, -0.15) is 0 Å².